The van der Waals surface area contributed by atoms with Crippen LogP contribution < -0.4 is 0 Å². The van der Waals surface area contributed by atoms with Crippen molar-refractivity contribution in [3.8, 4) is 0 Å². The molecule has 0 atom stereocenters. The minimum Gasteiger partial charge on any atom is -0.367 e. The van der Waals surface area contributed by atoms with Gasteiger partial charge in [-0.25, -0.2) is 13.8 Å². The summed E-state index contributed by atoms with van der Waals surface area (Å²) in [6, 6.07) is 0. The van der Waals surface area contributed by atoms with Crippen LogP contribution >= 0.6 is 11.3 Å². The number of Topliss-reactive ketones (excluding diaryl/α,β-unsaturated/α-hetero) is 1. The fourth-order valence-corrected chi connectivity index (χ4v) is 1.57. The zero-order valence-corrected chi connectivity index (χ0v) is 9.35. The third kappa shape index (κ3) is 4.78. The van der Waals surface area contributed by atoms with Gasteiger partial charge in [-0.15, -0.1) is 11.3 Å². The maximum absolute atomic E-state index is 12.4. The number of ketones is 1. The minimum absolute atomic E-state index is 0.0437. The van der Waals surface area contributed by atoms with Gasteiger partial charge in [0.2, 0.25) is 0 Å². The maximum atomic E-state index is 12.4. The quantitative estimate of drug-likeness (QED) is 0.713. The molecular weight excluding hydrogens is 262 g/mol. The molecule has 0 amide bonds. The number of thiazole rings is 1. The summed E-state index contributed by atoms with van der Waals surface area (Å²) in [5.41, 5.74) is 0. The van der Waals surface area contributed by atoms with Gasteiger partial charge >= 0.3 is 12.3 Å². The number of hydrogen-bond acceptors (Lipinski definition) is 4. The van der Waals surface area contributed by atoms with Gasteiger partial charge in [-0.3, -0.25) is 4.79 Å². The van der Waals surface area contributed by atoms with Crippen molar-refractivity contribution >= 4 is 17.1 Å². The second-order valence-corrected chi connectivity index (χ2v) is 4.17. The van der Waals surface area contributed by atoms with Crippen LogP contribution in [0.1, 0.15) is 5.01 Å². The highest BCUT2D eigenvalue weighted by atomic mass is 32.1. The van der Waals surface area contributed by atoms with E-state index in [2.05, 4.69) is 9.72 Å². The lowest BCUT2D eigenvalue weighted by Crippen LogP contribution is -2.33. The second-order valence-electron chi connectivity index (χ2n) is 3.20. The van der Waals surface area contributed by atoms with E-state index in [1.54, 1.807) is 5.38 Å². The van der Waals surface area contributed by atoms with Crippen molar-refractivity contribution in [1.29, 1.82) is 0 Å². The van der Waals surface area contributed by atoms with Crippen molar-refractivity contribution in [3.63, 3.8) is 0 Å². The Hall–Kier alpha value is -1.02. The van der Waals surface area contributed by atoms with E-state index in [1.165, 1.54) is 17.5 Å². The van der Waals surface area contributed by atoms with Crippen molar-refractivity contribution in [2.75, 3.05) is 13.2 Å². The summed E-state index contributed by atoms with van der Waals surface area (Å²) in [7, 11) is 0. The van der Waals surface area contributed by atoms with Crippen LogP contribution in [0.5, 0.6) is 0 Å². The number of alkyl halides is 4. The molecule has 0 saturated heterocycles. The molecule has 0 aromatic carbocycles. The lowest BCUT2D eigenvalue weighted by atomic mass is 10.3. The van der Waals surface area contributed by atoms with E-state index < -0.39 is 31.3 Å². The summed E-state index contributed by atoms with van der Waals surface area (Å²) in [5.74, 6) is -4.70. The van der Waals surface area contributed by atoms with Crippen LogP contribution in [0, 0.1) is 0 Å². The fourth-order valence-electron chi connectivity index (χ4n) is 0.924. The molecule has 0 radical (unpaired) electrons. The highest BCUT2D eigenvalue weighted by Crippen LogP contribution is 2.22. The molecule has 0 spiro atoms. The van der Waals surface area contributed by atoms with E-state index in [-0.39, 0.29) is 6.42 Å². The molecule has 0 bridgehead atoms. The van der Waals surface area contributed by atoms with Crippen LogP contribution in [-0.4, -0.2) is 36.3 Å². The highest BCUT2D eigenvalue weighted by Gasteiger charge is 2.41. The van der Waals surface area contributed by atoms with Crippen molar-refractivity contribution in [2.24, 2.45) is 0 Å². The van der Waals surface area contributed by atoms with E-state index >= 15 is 0 Å². The zero-order valence-electron chi connectivity index (χ0n) is 8.54. The van der Waals surface area contributed by atoms with Crippen LogP contribution in [0.2, 0.25) is 0 Å². The third-order valence-corrected chi connectivity index (χ3v) is 2.49. The Bertz CT molecular complexity index is 356. The number of halogens is 4. The SMILES string of the molecule is O=C(COCC(F)(F)C(F)F)Cc1nccs1. The van der Waals surface area contributed by atoms with Gasteiger partial charge in [-0.05, 0) is 0 Å². The van der Waals surface area contributed by atoms with E-state index in [0.29, 0.717) is 5.01 Å². The average Bonchev–Trinajstić information content (AvgIpc) is 2.69. The second kappa shape index (κ2) is 6.06. The van der Waals surface area contributed by atoms with Gasteiger partial charge in [0, 0.05) is 11.6 Å². The largest absolute Gasteiger partial charge is 0.367 e. The van der Waals surface area contributed by atoms with E-state index in [4.69, 9.17) is 0 Å². The number of nitrogens with zero attached hydrogens (tertiary/aromatic N) is 1. The molecule has 0 saturated carbocycles. The predicted molar refractivity (Wildman–Crippen MR) is 52.6 cm³/mol. The van der Waals surface area contributed by atoms with Crippen LogP contribution in [-0.2, 0) is 16.0 Å². The van der Waals surface area contributed by atoms with Gasteiger partial charge in [0.25, 0.3) is 0 Å². The van der Waals surface area contributed by atoms with Crippen LogP contribution in [0.4, 0.5) is 17.6 Å². The standard InChI is InChI=1S/C9H9F4NO2S/c10-8(11)9(12,13)5-16-4-6(15)3-7-14-1-2-17-7/h1-2,8H,3-5H2. The molecule has 3 nitrogen and oxygen atoms in total. The summed E-state index contributed by atoms with van der Waals surface area (Å²) < 4.78 is 52.5. The van der Waals surface area contributed by atoms with Gasteiger partial charge in [0.15, 0.2) is 5.78 Å². The van der Waals surface area contributed by atoms with Gasteiger partial charge in [-0.1, -0.05) is 0 Å². The number of carbonyl (C=O) groups excluding carboxylic acids is 1. The highest BCUT2D eigenvalue weighted by molar-refractivity contribution is 7.09. The normalized spacial score (nSPS) is 12.1. The topological polar surface area (TPSA) is 39.2 Å². The summed E-state index contributed by atoms with van der Waals surface area (Å²) in [4.78, 5) is 15.0. The first-order valence-corrected chi connectivity index (χ1v) is 5.43. The van der Waals surface area contributed by atoms with Gasteiger partial charge in [0.05, 0.1) is 11.4 Å². The molecule has 96 valence electrons. The summed E-state index contributed by atoms with van der Waals surface area (Å²) in [6.07, 6.45) is -2.34. The Morgan fingerprint density at radius 3 is 2.76 bits per heavy atom. The molecular formula is C9H9F4NO2S. The van der Waals surface area contributed by atoms with Crippen molar-refractivity contribution < 1.29 is 27.1 Å². The molecule has 17 heavy (non-hydrogen) atoms. The zero-order chi connectivity index (χ0) is 12.9. The van der Waals surface area contributed by atoms with E-state index in [0.717, 1.165) is 0 Å². The van der Waals surface area contributed by atoms with Crippen LogP contribution in [0.15, 0.2) is 11.6 Å². The number of hydrogen-bond donors (Lipinski definition) is 0. The number of rotatable bonds is 7. The molecule has 8 heteroatoms. The number of carbonyl (C=O) groups is 1. The predicted octanol–water partition coefficient (Wildman–Crippen LogP) is 2.17. The lowest BCUT2D eigenvalue weighted by Gasteiger charge is -2.14. The Balaban J connectivity index is 2.25. The molecule has 0 N–H and O–H groups in total. The van der Waals surface area contributed by atoms with E-state index in [1.807, 2.05) is 0 Å². The van der Waals surface area contributed by atoms with Crippen molar-refractivity contribution in [2.45, 2.75) is 18.8 Å². The minimum atomic E-state index is -4.22. The Kier molecular flexibility index (Phi) is 5.01. The first kappa shape index (κ1) is 14.0. The molecule has 1 aromatic heterocycles. The van der Waals surface area contributed by atoms with Gasteiger partial charge < -0.3 is 4.74 Å². The van der Waals surface area contributed by atoms with Crippen molar-refractivity contribution in [3.05, 3.63) is 16.6 Å². The molecule has 1 heterocycles. The first-order chi connectivity index (χ1) is 7.92. The Labute approximate surface area is 98.4 Å². The Morgan fingerprint density at radius 2 is 2.24 bits per heavy atom. The fraction of sp³-hybridized carbons (Fsp3) is 0.556. The smallest absolute Gasteiger partial charge is 0.330 e. The molecule has 0 aliphatic carbocycles. The van der Waals surface area contributed by atoms with Crippen LogP contribution in [0.3, 0.4) is 0 Å². The first-order valence-electron chi connectivity index (χ1n) is 4.55. The summed E-state index contributed by atoms with van der Waals surface area (Å²) in [5, 5.41) is 2.19. The molecule has 0 aliphatic heterocycles. The van der Waals surface area contributed by atoms with Gasteiger partial charge in [-0.2, -0.15) is 8.78 Å². The number of ether oxygens (including phenoxy) is 1. The molecule has 0 fully saturated rings. The maximum Gasteiger partial charge on any atom is 0.330 e. The molecule has 1 aromatic rings. The average molecular weight is 271 g/mol. The third-order valence-electron chi connectivity index (χ3n) is 1.71. The van der Waals surface area contributed by atoms with E-state index in [9.17, 15) is 22.4 Å². The molecule has 1 rings (SSSR count). The van der Waals surface area contributed by atoms with Crippen molar-refractivity contribution in [1.82, 2.24) is 4.98 Å². The molecule has 0 unspecified atom stereocenters. The molecule has 0 aliphatic rings. The van der Waals surface area contributed by atoms with Gasteiger partial charge in [0.1, 0.15) is 13.2 Å². The summed E-state index contributed by atoms with van der Waals surface area (Å²) in [6.45, 7) is -2.09. The van der Waals surface area contributed by atoms with Crippen LogP contribution in [0.25, 0.3) is 0 Å². The number of aromatic nitrogens is 1. The summed E-state index contributed by atoms with van der Waals surface area (Å²) >= 11 is 1.24. The lowest BCUT2D eigenvalue weighted by molar-refractivity contribution is -0.168. The monoisotopic (exact) mass is 271 g/mol. The Morgan fingerprint density at radius 1 is 1.53 bits per heavy atom.